The van der Waals surface area contributed by atoms with Gasteiger partial charge in [-0.25, -0.2) is 0 Å². The van der Waals surface area contributed by atoms with Crippen LogP contribution in [-0.2, 0) is 4.79 Å². The molecule has 0 bridgehead atoms. The average molecular weight is 219 g/mol. The molecule has 1 unspecified atom stereocenters. The van der Waals surface area contributed by atoms with Crippen molar-refractivity contribution >= 4 is 18.3 Å². The SMILES string of the molecule is Cl.O=C(NCC1CC1)C1CCCNC1. The van der Waals surface area contributed by atoms with Gasteiger partial charge < -0.3 is 10.6 Å². The van der Waals surface area contributed by atoms with E-state index in [2.05, 4.69) is 10.6 Å². The molecule has 2 N–H and O–H groups in total. The predicted octanol–water partition coefficient (Wildman–Crippen LogP) is 0.934. The molecule has 2 fully saturated rings. The van der Waals surface area contributed by atoms with E-state index in [1.165, 1.54) is 12.8 Å². The third kappa shape index (κ3) is 3.46. The highest BCUT2D eigenvalue weighted by molar-refractivity contribution is 5.85. The number of halogens is 1. The Morgan fingerprint density at radius 2 is 2.14 bits per heavy atom. The van der Waals surface area contributed by atoms with Gasteiger partial charge in [0.1, 0.15) is 0 Å². The summed E-state index contributed by atoms with van der Waals surface area (Å²) in [5, 5.41) is 6.29. The van der Waals surface area contributed by atoms with Crippen LogP contribution in [0.5, 0.6) is 0 Å². The van der Waals surface area contributed by atoms with Crippen LogP contribution in [0.3, 0.4) is 0 Å². The quantitative estimate of drug-likeness (QED) is 0.740. The van der Waals surface area contributed by atoms with E-state index in [1.807, 2.05) is 0 Å². The number of hydrogen-bond acceptors (Lipinski definition) is 2. The van der Waals surface area contributed by atoms with Crippen molar-refractivity contribution in [2.75, 3.05) is 19.6 Å². The maximum Gasteiger partial charge on any atom is 0.224 e. The van der Waals surface area contributed by atoms with Crippen LogP contribution in [0.15, 0.2) is 0 Å². The van der Waals surface area contributed by atoms with E-state index in [0.29, 0.717) is 0 Å². The molecule has 2 aliphatic rings. The molecule has 0 radical (unpaired) electrons. The minimum absolute atomic E-state index is 0. The summed E-state index contributed by atoms with van der Waals surface area (Å²) in [7, 11) is 0. The van der Waals surface area contributed by atoms with Gasteiger partial charge in [-0.2, -0.15) is 0 Å². The Bertz CT molecular complexity index is 189. The smallest absolute Gasteiger partial charge is 0.224 e. The van der Waals surface area contributed by atoms with Crippen molar-refractivity contribution in [3.8, 4) is 0 Å². The van der Waals surface area contributed by atoms with Crippen molar-refractivity contribution in [2.45, 2.75) is 25.7 Å². The van der Waals surface area contributed by atoms with Crippen molar-refractivity contribution in [3.05, 3.63) is 0 Å². The molecule has 1 heterocycles. The largest absolute Gasteiger partial charge is 0.356 e. The molecule has 1 amide bonds. The molecule has 0 aromatic carbocycles. The fraction of sp³-hybridized carbons (Fsp3) is 0.900. The van der Waals surface area contributed by atoms with Crippen LogP contribution in [0, 0.1) is 11.8 Å². The van der Waals surface area contributed by atoms with E-state index in [9.17, 15) is 4.79 Å². The van der Waals surface area contributed by atoms with Crippen molar-refractivity contribution in [1.29, 1.82) is 0 Å². The maximum absolute atomic E-state index is 11.6. The lowest BCUT2D eigenvalue weighted by Crippen LogP contribution is -2.41. The van der Waals surface area contributed by atoms with Gasteiger partial charge in [-0.15, -0.1) is 12.4 Å². The van der Waals surface area contributed by atoms with Crippen LogP contribution >= 0.6 is 12.4 Å². The summed E-state index contributed by atoms with van der Waals surface area (Å²) in [6.07, 6.45) is 4.82. The summed E-state index contributed by atoms with van der Waals surface area (Å²) in [5.41, 5.74) is 0. The summed E-state index contributed by atoms with van der Waals surface area (Å²) >= 11 is 0. The Hall–Kier alpha value is -0.280. The molecule has 1 saturated carbocycles. The maximum atomic E-state index is 11.6. The molecule has 0 aromatic heterocycles. The molecule has 14 heavy (non-hydrogen) atoms. The van der Waals surface area contributed by atoms with Gasteiger partial charge >= 0.3 is 0 Å². The molecule has 82 valence electrons. The summed E-state index contributed by atoms with van der Waals surface area (Å²) < 4.78 is 0. The Morgan fingerprint density at radius 3 is 2.71 bits per heavy atom. The predicted molar refractivity (Wildman–Crippen MR) is 58.6 cm³/mol. The fourth-order valence-electron chi connectivity index (χ4n) is 1.79. The molecule has 0 aromatic rings. The number of rotatable bonds is 3. The fourth-order valence-corrected chi connectivity index (χ4v) is 1.79. The molecule has 4 heteroatoms. The topological polar surface area (TPSA) is 41.1 Å². The molecule has 1 atom stereocenters. The second-order valence-corrected chi connectivity index (χ2v) is 4.23. The standard InChI is InChI=1S/C10H18N2O.ClH/c13-10(12-6-8-3-4-8)9-2-1-5-11-7-9;/h8-9,11H,1-7H2,(H,12,13);1H. The normalized spacial score (nSPS) is 26.4. The van der Waals surface area contributed by atoms with Crippen molar-refractivity contribution < 1.29 is 4.79 Å². The third-order valence-electron chi connectivity index (χ3n) is 2.93. The first-order valence-electron chi connectivity index (χ1n) is 5.34. The Morgan fingerprint density at radius 1 is 1.36 bits per heavy atom. The van der Waals surface area contributed by atoms with Crippen LogP contribution in [0.2, 0.25) is 0 Å². The first kappa shape index (κ1) is 11.8. The van der Waals surface area contributed by atoms with Gasteiger partial charge in [-0.1, -0.05) is 0 Å². The zero-order valence-electron chi connectivity index (χ0n) is 8.42. The van der Waals surface area contributed by atoms with E-state index in [4.69, 9.17) is 0 Å². The Labute approximate surface area is 91.4 Å². The average Bonchev–Trinajstić information content (AvgIpc) is 2.99. The van der Waals surface area contributed by atoms with Gasteiger partial charge in [0.15, 0.2) is 0 Å². The molecule has 2 rings (SSSR count). The first-order valence-corrected chi connectivity index (χ1v) is 5.34. The van der Waals surface area contributed by atoms with E-state index in [-0.39, 0.29) is 24.2 Å². The second-order valence-electron chi connectivity index (χ2n) is 4.23. The monoisotopic (exact) mass is 218 g/mol. The van der Waals surface area contributed by atoms with Crippen LogP contribution in [0.1, 0.15) is 25.7 Å². The summed E-state index contributed by atoms with van der Waals surface area (Å²) in [6.45, 7) is 2.86. The summed E-state index contributed by atoms with van der Waals surface area (Å²) in [4.78, 5) is 11.6. The lowest BCUT2D eigenvalue weighted by atomic mass is 9.99. The summed E-state index contributed by atoms with van der Waals surface area (Å²) in [5.74, 6) is 1.28. The van der Waals surface area contributed by atoms with Crippen LogP contribution < -0.4 is 10.6 Å². The number of nitrogens with one attached hydrogen (secondary N) is 2. The van der Waals surface area contributed by atoms with Gasteiger partial charge in [0.2, 0.25) is 5.91 Å². The number of amides is 1. The van der Waals surface area contributed by atoms with Crippen molar-refractivity contribution in [1.82, 2.24) is 10.6 Å². The first-order chi connectivity index (χ1) is 6.36. The zero-order valence-corrected chi connectivity index (χ0v) is 9.24. The number of carbonyl (C=O) groups is 1. The lowest BCUT2D eigenvalue weighted by Gasteiger charge is -2.21. The lowest BCUT2D eigenvalue weighted by molar-refractivity contribution is -0.125. The van der Waals surface area contributed by atoms with Gasteiger partial charge in [0, 0.05) is 13.1 Å². The van der Waals surface area contributed by atoms with E-state index < -0.39 is 0 Å². The molecular weight excluding hydrogens is 200 g/mol. The highest BCUT2D eigenvalue weighted by Crippen LogP contribution is 2.27. The molecule has 1 aliphatic heterocycles. The van der Waals surface area contributed by atoms with E-state index in [1.54, 1.807) is 0 Å². The molecular formula is C10H19ClN2O. The highest BCUT2D eigenvalue weighted by Gasteiger charge is 2.25. The molecule has 0 spiro atoms. The van der Waals surface area contributed by atoms with E-state index >= 15 is 0 Å². The highest BCUT2D eigenvalue weighted by atomic mass is 35.5. The van der Waals surface area contributed by atoms with Gasteiger partial charge in [0.05, 0.1) is 5.92 Å². The number of piperidine rings is 1. The van der Waals surface area contributed by atoms with Crippen molar-refractivity contribution in [3.63, 3.8) is 0 Å². The number of carbonyl (C=O) groups excluding carboxylic acids is 1. The molecule has 1 aliphatic carbocycles. The van der Waals surface area contributed by atoms with Crippen LogP contribution in [-0.4, -0.2) is 25.5 Å². The van der Waals surface area contributed by atoms with Gasteiger partial charge in [-0.05, 0) is 38.1 Å². The Balaban J connectivity index is 0.000000980. The second kappa shape index (κ2) is 5.56. The molecule has 3 nitrogen and oxygen atoms in total. The van der Waals surface area contributed by atoms with Gasteiger partial charge in [-0.3, -0.25) is 4.79 Å². The Kier molecular flexibility index (Phi) is 4.69. The minimum Gasteiger partial charge on any atom is -0.356 e. The molecule has 1 saturated heterocycles. The minimum atomic E-state index is 0. The van der Waals surface area contributed by atoms with Crippen LogP contribution in [0.4, 0.5) is 0 Å². The third-order valence-corrected chi connectivity index (χ3v) is 2.93. The zero-order chi connectivity index (χ0) is 9.10. The van der Waals surface area contributed by atoms with Crippen LogP contribution in [0.25, 0.3) is 0 Å². The van der Waals surface area contributed by atoms with E-state index in [0.717, 1.165) is 38.4 Å². The summed E-state index contributed by atoms with van der Waals surface area (Å²) in [6, 6.07) is 0. The van der Waals surface area contributed by atoms with Crippen molar-refractivity contribution in [2.24, 2.45) is 11.8 Å². The van der Waals surface area contributed by atoms with Gasteiger partial charge in [0.25, 0.3) is 0 Å². The number of hydrogen-bond donors (Lipinski definition) is 2.